The number of aromatic nitrogens is 1. The number of piperidine rings is 1. The highest BCUT2D eigenvalue weighted by Crippen LogP contribution is 2.24. The van der Waals surface area contributed by atoms with E-state index < -0.39 is 0 Å². The first kappa shape index (κ1) is 17.3. The van der Waals surface area contributed by atoms with E-state index in [-0.39, 0.29) is 12.0 Å². The van der Waals surface area contributed by atoms with Crippen LogP contribution in [0.1, 0.15) is 23.3 Å². The van der Waals surface area contributed by atoms with Crippen LogP contribution in [-0.4, -0.2) is 35.0 Å². The molecule has 0 aliphatic carbocycles. The number of likely N-dealkylation sites (tertiary alicyclic amines) is 1. The minimum atomic E-state index is 0.0160. The molecule has 1 aliphatic rings. The highest BCUT2D eigenvalue weighted by molar-refractivity contribution is 6.31. The maximum absolute atomic E-state index is 12.8. The molecule has 2 aromatic carbocycles. The lowest BCUT2D eigenvalue weighted by Crippen LogP contribution is -2.41. The molecule has 4 nitrogen and oxygen atoms in total. The molecule has 0 unspecified atom stereocenters. The van der Waals surface area contributed by atoms with Gasteiger partial charge in [-0.05, 0) is 48.5 Å². The molecule has 1 fully saturated rings. The summed E-state index contributed by atoms with van der Waals surface area (Å²) < 4.78 is 5.99. The SMILES string of the molecule is O=C(c1cc2cc(Cl)ccc2[nH]1)N1CCC(Oc2ccc(Cl)cc2)CC1. The van der Waals surface area contributed by atoms with Crippen molar-refractivity contribution in [2.24, 2.45) is 0 Å². The van der Waals surface area contributed by atoms with E-state index in [2.05, 4.69) is 4.98 Å². The molecule has 0 bridgehead atoms. The van der Waals surface area contributed by atoms with Gasteiger partial charge in [0.15, 0.2) is 0 Å². The van der Waals surface area contributed by atoms with Crippen LogP contribution in [0.4, 0.5) is 0 Å². The number of benzene rings is 2. The van der Waals surface area contributed by atoms with Gasteiger partial charge >= 0.3 is 0 Å². The Morgan fingerprint density at radius 3 is 2.42 bits per heavy atom. The van der Waals surface area contributed by atoms with Crippen molar-refractivity contribution in [2.45, 2.75) is 18.9 Å². The van der Waals surface area contributed by atoms with Crippen LogP contribution < -0.4 is 4.74 Å². The predicted octanol–water partition coefficient (Wildman–Crippen LogP) is 5.16. The van der Waals surface area contributed by atoms with Crippen molar-refractivity contribution < 1.29 is 9.53 Å². The Morgan fingerprint density at radius 1 is 1.00 bits per heavy atom. The molecule has 1 amide bonds. The lowest BCUT2D eigenvalue weighted by Gasteiger charge is -2.32. The van der Waals surface area contributed by atoms with Gasteiger partial charge in [0, 0.05) is 46.9 Å². The smallest absolute Gasteiger partial charge is 0.270 e. The standard InChI is InChI=1S/C20H18Cl2N2O2/c21-14-1-4-16(5-2-14)26-17-7-9-24(10-8-17)20(25)19-12-13-11-15(22)3-6-18(13)23-19/h1-6,11-12,17,23H,7-10H2. The number of hydrogen-bond acceptors (Lipinski definition) is 2. The van der Waals surface area contributed by atoms with Crippen LogP contribution in [0.3, 0.4) is 0 Å². The fourth-order valence-corrected chi connectivity index (χ4v) is 3.58. The minimum absolute atomic E-state index is 0.0160. The number of fused-ring (bicyclic) bond motifs is 1. The highest BCUT2D eigenvalue weighted by atomic mass is 35.5. The second kappa shape index (κ2) is 7.22. The van der Waals surface area contributed by atoms with Crippen LogP contribution in [0.5, 0.6) is 5.75 Å². The van der Waals surface area contributed by atoms with E-state index in [1.54, 1.807) is 0 Å². The van der Waals surface area contributed by atoms with Crippen LogP contribution in [0.25, 0.3) is 10.9 Å². The monoisotopic (exact) mass is 388 g/mol. The van der Waals surface area contributed by atoms with E-state index in [1.165, 1.54) is 0 Å². The molecule has 1 aromatic heterocycles. The number of nitrogens with zero attached hydrogens (tertiary/aromatic N) is 1. The van der Waals surface area contributed by atoms with Crippen molar-refractivity contribution in [2.75, 3.05) is 13.1 Å². The van der Waals surface area contributed by atoms with Gasteiger partial charge in [0.25, 0.3) is 5.91 Å². The number of H-pyrrole nitrogens is 1. The zero-order chi connectivity index (χ0) is 18.1. The van der Waals surface area contributed by atoms with Crippen molar-refractivity contribution in [3.05, 3.63) is 64.3 Å². The number of aromatic amines is 1. The second-order valence-electron chi connectivity index (χ2n) is 6.48. The molecule has 1 saturated heterocycles. The zero-order valence-corrected chi connectivity index (χ0v) is 15.6. The van der Waals surface area contributed by atoms with Crippen LogP contribution in [-0.2, 0) is 0 Å². The molecule has 3 aromatic rings. The van der Waals surface area contributed by atoms with Crippen LogP contribution in [0.2, 0.25) is 10.0 Å². The van der Waals surface area contributed by atoms with Gasteiger partial charge in [0.1, 0.15) is 17.5 Å². The van der Waals surface area contributed by atoms with Crippen molar-refractivity contribution >= 4 is 40.0 Å². The maximum atomic E-state index is 12.8. The topological polar surface area (TPSA) is 45.3 Å². The third-order valence-corrected chi connectivity index (χ3v) is 5.15. The number of hydrogen-bond donors (Lipinski definition) is 1. The molecule has 0 radical (unpaired) electrons. The Balaban J connectivity index is 1.38. The Kier molecular flexibility index (Phi) is 4.79. The fraction of sp³-hybridized carbons (Fsp3) is 0.250. The van der Waals surface area contributed by atoms with Crippen molar-refractivity contribution in [1.82, 2.24) is 9.88 Å². The van der Waals surface area contributed by atoms with Gasteiger partial charge in [-0.2, -0.15) is 0 Å². The third-order valence-electron chi connectivity index (χ3n) is 4.66. The van der Waals surface area contributed by atoms with Gasteiger partial charge < -0.3 is 14.6 Å². The van der Waals surface area contributed by atoms with E-state index >= 15 is 0 Å². The summed E-state index contributed by atoms with van der Waals surface area (Å²) in [5.74, 6) is 0.828. The molecule has 1 aliphatic heterocycles. The van der Waals surface area contributed by atoms with Gasteiger partial charge in [-0.15, -0.1) is 0 Å². The Hall–Kier alpha value is -2.17. The molecule has 0 saturated carbocycles. The van der Waals surface area contributed by atoms with Crippen LogP contribution in [0, 0.1) is 0 Å². The van der Waals surface area contributed by atoms with Gasteiger partial charge in [0.2, 0.25) is 0 Å². The number of rotatable bonds is 3. The summed E-state index contributed by atoms with van der Waals surface area (Å²) in [5.41, 5.74) is 1.51. The molecule has 134 valence electrons. The quantitative estimate of drug-likeness (QED) is 0.673. The van der Waals surface area contributed by atoms with E-state index in [9.17, 15) is 4.79 Å². The summed E-state index contributed by atoms with van der Waals surface area (Å²) in [6, 6.07) is 14.8. The molecular weight excluding hydrogens is 371 g/mol. The molecule has 0 atom stereocenters. The first-order valence-electron chi connectivity index (χ1n) is 8.58. The van der Waals surface area contributed by atoms with Crippen LogP contribution in [0.15, 0.2) is 48.5 Å². The van der Waals surface area contributed by atoms with E-state index in [4.69, 9.17) is 27.9 Å². The highest BCUT2D eigenvalue weighted by Gasteiger charge is 2.25. The largest absolute Gasteiger partial charge is 0.490 e. The maximum Gasteiger partial charge on any atom is 0.270 e. The summed E-state index contributed by atoms with van der Waals surface area (Å²) in [7, 11) is 0. The number of nitrogens with one attached hydrogen (secondary N) is 1. The Bertz CT molecular complexity index is 929. The van der Waals surface area contributed by atoms with E-state index in [1.807, 2.05) is 53.4 Å². The molecule has 2 heterocycles. The molecular formula is C20H18Cl2N2O2. The molecule has 26 heavy (non-hydrogen) atoms. The Morgan fingerprint density at radius 2 is 1.69 bits per heavy atom. The van der Waals surface area contributed by atoms with Crippen LogP contribution >= 0.6 is 23.2 Å². The summed E-state index contributed by atoms with van der Waals surface area (Å²) in [6.07, 6.45) is 1.72. The number of halogens is 2. The van der Waals surface area contributed by atoms with E-state index in [0.29, 0.717) is 28.8 Å². The number of ether oxygens (including phenoxy) is 1. The molecule has 1 N–H and O–H groups in total. The average molecular weight is 389 g/mol. The fourth-order valence-electron chi connectivity index (χ4n) is 3.27. The summed E-state index contributed by atoms with van der Waals surface area (Å²) >= 11 is 11.9. The van der Waals surface area contributed by atoms with Gasteiger partial charge in [-0.3, -0.25) is 4.79 Å². The lowest BCUT2D eigenvalue weighted by atomic mass is 10.1. The summed E-state index contributed by atoms with van der Waals surface area (Å²) in [5, 5.41) is 2.30. The lowest BCUT2D eigenvalue weighted by molar-refractivity contribution is 0.0591. The van der Waals surface area contributed by atoms with Gasteiger partial charge in [-0.1, -0.05) is 23.2 Å². The normalized spacial score (nSPS) is 15.4. The second-order valence-corrected chi connectivity index (χ2v) is 7.35. The van der Waals surface area contributed by atoms with Crippen molar-refractivity contribution in [3.8, 4) is 5.75 Å². The zero-order valence-electron chi connectivity index (χ0n) is 14.0. The summed E-state index contributed by atoms with van der Waals surface area (Å²) in [6.45, 7) is 1.35. The number of amides is 1. The van der Waals surface area contributed by atoms with Gasteiger partial charge in [0.05, 0.1) is 0 Å². The van der Waals surface area contributed by atoms with Gasteiger partial charge in [-0.25, -0.2) is 0 Å². The van der Waals surface area contributed by atoms with Crippen molar-refractivity contribution in [3.63, 3.8) is 0 Å². The van der Waals surface area contributed by atoms with Crippen molar-refractivity contribution in [1.29, 1.82) is 0 Å². The molecule has 4 rings (SSSR count). The van der Waals surface area contributed by atoms with E-state index in [0.717, 1.165) is 29.5 Å². The number of carbonyl (C=O) groups is 1. The first-order chi connectivity index (χ1) is 12.6. The minimum Gasteiger partial charge on any atom is -0.490 e. The number of carbonyl (C=O) groups excluding carboxylic acids is 1. The first-order valence-corrected chi connectivity index (χ1v) is 9.34. The predicted molar refractivity (Wildman–Crippen MR) is 104 cm³/mol. The average Bonchev–Trinajstić information content (AvgIpc) is 3.07. The molecule has 0 spiro atoms. The third kappa shape index (κ3) is 3.67. The summed E-state index contributed by atoms with van der Waals surface area (Å²) in [4.78, 5) is 17.8. The molecule has 6 heteroatoms. The Labute approximate surface area is 161 Å².